The van der Waals surface area contributed by atoms with E-state index in [0.717, 1.165) is 12.8 Å². The third-order valence-corrected chi connectivity index (χ3v) is 3.94. The Labute approximate surface area is 132 Å². The van der Waals surface area contributed by atoms with Gasteiger partial charge in [-0.1, -0.05) is 32.1 Å². The predicted molar refractivity (Wildman–Crippen MR) is 84.6 cm³/mol. The maximum Gasteiger partial charge on any atom is 0.407 e. The van der Waals surface area contributed by atoms with Crippen LogP contribution in [0.3, 0.4) is 0 Å². The second-order valence-electron chi connectivity index (χ2n) is 7.25. The van der Waals surface area contributed by atoms with Crippen molar-refractivity contribution in [1.82, 2.24) is 5.32 Å². The SMILES string of the molecule is CC(C)(C)OC(=O)NC(CC1CCCCC1)C(N)CC(=O)O. The lowest BCUT2D eigenvalue weighted by molar-refractivity contribution is -0.137. The van der Waals surface area contributed by atoms with Crippen molar-refractivity contribution in [2.24, 2.45) is 11.7 Å². The molecule has 1 aliphatic carbocycles. The molecule has 2 atom stereocenters. The number of alkyl carbamates (subject to hydrolysis) is 1. The average molecular weight is 314 g/mol. The molecule has 0 radical (unpaired) electrons. The third-order valence-electron chi connectivity index (χ3n) is 3.94. The van der Waals surface area contributed by atoms with Crippen molar-refractivity contribution in [2.75, 3.05) is 0 Å². The molecule has 0 aliphatic heterocycles. The average Bonchev–Trinajstić information content (AvgIpc) is 2.36. The third kappa shape index (κ3) is 7.64. The van der Waals surface area contributed by atoms with E-state index in [-0.39, 0.29) is 12.5 Å². The van der Waals surface area contributed by atoms with Crippen molar-refractivity contribution in [3.05, 3.63) is 0 Å². The lowest BCUT2D eigenvalue weighted by atomic mass is 9.83. The molecule has 0 bridgehead atoms. The van der Waals surface area contributed by atoms with Gasteiger partial charge in [0.15, 0.2) is 0 Å². The number of carboxylic acids is 1. The summed E-state index contributed by atoms with van der Waals surface area (Å²) in [5.41, 5.74) is 5.41. The zero-order valence-electron chi connectivity index (χ0n) is 13.9. The van der Waals surface area contributed by atoms with Gasteiger partial charge < -0.3 is 20.9 Å². The Bertz CT molecular complexity index is 373. The summed E-state index contributed by atoms with van der Waals surface area (Å²) in [6, 6.07) is -0.971. The molecule has 0 spiro atoms. The van der Waals surface area contributed by atoms with Crippen LogP contribution < -0.4 is 11.1 Å². The Morgan fingerprint density at radius 1 is 1.27 bits per heavy atom. The van der Waals surface area contributed by atoms with Crippen LogP contribution in [0.15, 0.2) is 0 Å². The predicted octanol–water partition coefficient (Wildman–Crippen LogP) is 2.65. The molecule has 22 heavy (non-hydrogen) atoms. The number of hydrogen-bond acceptors (Lipinski definition) is 4. The van der Waals surface area contributed by atoms with Gasteiger partial charge in [-0.15, -0.1) is 0 Å². The van der Waals surface area contributed by atoms with Crippen molar-refractivity contribution >= 4 is 12.1 Å². The van der Waals surface area contributed by atoms with Crippen LogP contribution >= 0.6 is 0 Å². The van der Waals surface area contributed by atoms with Crippen molar-refractivity contribution in [3.8, 4) is 0 Å². The van der Waals surface area contributed by atoms with E-state index in [4.69, 9.17) is 15.6 Å². The van der Waals surface area contributed by atoms with E-state index in [1.54, 1.807) is 20.8 Å². The van der Waals surface area contributed by atoms with Crippen LogP contribution in [0.1, 0.15) is 65.7 Å². The number of carboxylic acid groups (broad SMARTS) is 1. The van der Waals surface area contributed by atoms with Gasteiger partial charge in [-0.3, -0.25) is 4.79 Å². The van der Waals surface area contributed by atoms with Crippen LogP contribution in [-0.2, 0) is 9.53 Å². The summed E-state index contributed by atoms with van der Waals surface area (Å²) in [5.74, 6) is -0.458. The monoisotopic (exact) mass is 314 g/mol. The molecule has 1 aliphatic rings. The normalized spacial score (nSPS) is 19.3. The van der Waals surface area contributed by atoms with Crippen molar-refractivity contribution < 1.29 is 19.4 Å². The van der Waals surface area contributed by atoms with Gasteiger partial charge in [-0.25, -0.2) is 4.79 Å². The van der Waals surface area contributed by atoms with Crippen LogP contribution in [0.2, 0.25) is 0 Å². The summed E-state index contributed by atoms with van der Waals surface area (Å²) in [4.78, 5) is 22.9. The number of nitrogens with two attached hydrogens (primary N) is 1. The van der Waals surface area contributed by atoms with Gasteiger partial charge in [0.05, 0.1) is 6.42 Å². The fourth-order valence-corrected chi connectivity index (χ4v) is 2.93. The molecule has 0 saturated heterocycles. The second-order valence-corrected chi connectivity index (χ2v) is 7.25. The highest BCUT2D eigenvalue weighted by atomic mass is 16.6. The van der Waals surface area contributed by atoms with E-state index in [9.17, 15) is 9.59 Å². The van der Waals surface area contributed by atoms with Crippen molar-refractivity contribution in [1.29, 1.82) is 0 Å². The lowest BCUT2D eigenvalue weighted by Crippen LogP contribution is -2.50. The Morgan fingerprint density at radius 3 is 2.36 bits per heavy atom. The highest BCUT2D eigenvalue weighted by molar-refractivity contribution is 5.69. The molecule has 0 heterocycles. The molecule has 0 aromatic heterocycles. The minimum atomic E-state index is -0.952. The summed E-state index contributed by atoms with van der Waals surface area (Å²) < 4.78 is 5.26. The summed E-state index contributed by atoms with van der Waals surface area (Å²) >= 11 is 0. The number of carbonyl (C=O) groups excluding carboxylic acids is 1. The smallest absolute Gasteiger partial charge is 0.407 e. The molecule has 1 saturated carbocycles. The molecule has 128 valence electrons. The number of aliphatic carboxylic acids is 1. The largest absolute Gasteiger partial charge is 0.481 e. The van der Waals surface area contributed by atoms with Gasteiger partial charge in [0.25, 0.3) is 0 Å². The number of carbonyl (C=O) groups is 2. The van der Waals surface area contributed by atoms with E-state index in [2.05, 4.69) is 5.32 Å². The Morgan fingerprint density at radius 2 is 1.86 bits per heavy atom. The van der Waals surface area contributed by atoms with Gasteiger partial charge in [0.2, 0.25) is 0 Å². The zero-order chi connectivity index (χ0) is 16.8. The molecule has 1 amide bonds. The van der Waals surface area contributed by atoms with Crippen LogP contribution in [0.5, 0.6) is 0 Å². The van der Waals surface area contributed by atoms with E-state index in [0.29, 0.717) is 12.3 Å². The molecule has 1 rings (SSSR count). The maximum absolute atomic E-state index is 12.0. The number of nitrogens with one attached hydrogen (secondary N) is 1. The highest BCUT2D eigenvalue weighted by Crippen LogP contribution is 2.28. The molecule has 0 aromatic carbocycles. The summed E-state index contributed by atoms with van der Waals surface area (Å²) in [7, 11) is 0. The second kappa shape index (κ2) is 8.36. The Balaban J connectivity index is 2.63. The van der Waals surface area contributed by atoms with Crippen LogP contribution in [0.25, 0.3) is 0 Å². The number of ether oxygens (including phenoxy) is 1. The summed E-state index contributed by atoms with van der Waals surface area (Å²) in [6.45, 7) is 5.37. The van der Waals surface area contributed by atoms with E-state index in [1.165, 1.54) is 19.3 Å². The molecular formula is C16H30N2O4. The fourth-order valence-electron chi connectivity index (χ4n) is 2.93. The van der Waals surface area contributed by atoms with Crippen LogP contribution in [0.4, 0.5) is 4.79 Å². The number of amides is 1. The Hall–Kier alpha value is -1.30. The number of rotatable bonds is 6. The van der Waals surface area contributed by atoms with Crippen molar-refractivity contribution in [3.63, 3.8) is 0 Å². The number of hydrogen-bond donors (Lipinski definition) is 3. The molecule has 4 N–H and O–H groups in total. The first-order valence-corrected chi connectivity index (χ1v) is 8.14. The minimum Gasteiger partial charge on any atom is -0.481 e. The first kappa shape index (κ1) is 18.7. The summed E-state index contributed by atoms with van der Waals surface area (Å²) in [5, 5.41) is 11.7. The van der Waals surface area contributed by atoms with Crippen LogP contribution in [-0.4, -0.2) is 34.9 Å². The maximum atomic E-state index is 12.0. The molecular weight excluding hydrogens is 284 g/mol. The fraction of sp³-hybridized carbons (Fsp3) is 0.875. The molecule has 6 nitrogen and oxygen atoms in total. The van der Waals surface area contributed by atoms with Crippen molar-refractivity contribution in [2.45, 2.75) is 83.4 Å². The minimum absolute atomic E-state index is 0.160. The van der Waals surface area contributed by atoms with Crippen LogP contribution in [0, 0.1) is 5.92 Å². The van der Waals surface area contributed by atoms with E-state index in [1.807, 2.05) is 0 Å². The van der Waals surface area contributed by atoms with Gasteiger partial charge >= 0.3 is 12.1 Å². The molecule has 0 aromatic rings. The van der Waals surface area contributed by atoms with E-state index >= 15 is 0 Å². The van der Waals surface area contributed by atoms with E-state index < -0.39 is 23.7 Å². The molecule has 1 fully saturated rings. The topological polar surface area (TPSA) is 102 Å². The summed E-state index contributed by atoms with van der Waals surface area (Å²) in [6.07, 6.45) is 5.89. The Kier molecular flexibility index (Phi) is 7.13. The lowest BCUT2D eigenvalue weighted by Gasteiger charge is -2.31. The highest BCUT2D eigenvalue weighted by Gasteiger charge is 2.28. The molecule has 2 unspecified atom stereocenters. The first-order valence-electron chi connectivity index (χ1n) is 8.14. The van der Waals surface area contributed by atoms with Gasteiger partial charge in [-0.05, 0) is 33.1 Å². The first-order chi connectivity index (χ1) is 10.2. The molecule has 6 heteroatoms. The standard InChI is InChI=1S/C16H30N2O4/c1-16(2,3)22-15(21)18-13(12(17)10-14(19)20)9-11-7-5-4-6-8-11/h11-13H,4-10,17H2,1-3H3,(H,18,21)(H,19,20). The van der Waals surface area contributed by atoms with Gasteiger partial charge in [-0.2, -0.15) is 0 Å². The van der Waals surface area contributed by atoms with Gasteiger partial charge in [0.1, 0.15) is 5.60 Å². The zero-order valence-corrected chi connectivity index (χ0v) is 13.9. The quantitative estimate of drug-likeness (QED) is 0.699. The van der Waals surface area contributed by atoms with Gasteiger partial charge in [0, 0.05) is 12.1 Å².